The summed E-state index contributed by atoms with van der Waals surface area (Å²) >= 11 is 0. The largest absolute Gasteiger partial charge is 0.464 e. The van der Waals surface area contributed by atoms with Crippen LogP contribution in [-0.4, -0.2) is 35.7 Å². The Morgan fingerprint density at radius 1 is 1.40 bits per heavy atom. The van der Waals surface area contributed by atoms with Crippen molar-refractivity contribution in [3.05, 3.63) is 0 Å². The highest BCUT2D eigenvalue weighted by Crippen LogP contribution is 1.96. The minimum atomic E-state index is -0.633. The predicted octanol–water partition coefficient (Wildman–Crippen LogP) is 0.215. The van der Waals surface area contributed by atoms with Crippen molar-refractivity contribution in [3.8, 4) is 0 Å². The van der Waals surface area contributed by atoms with E-state index in [1.165, 1.54) is 0 Å². The van der Waals surface area contributed by atoms with Crippen LogP contribution in [0, 0.1) is 0 Å². The standard InChI is InChI=1S/C10H19NO4/c1-4-15-10(14)8(3)11-9(13)6-5-7(2)12/h7-8,12H,4-6H2,1-3H3,(H,11,13). The third kappa shape index (κ3) is 6.90. The molecule has 0 bridgehead atoms. The summed E-state index contributed by atoms with van der Waals surface area (Å²) in [5.74, 6) is -0.695. The molecule has 0 saturated carbocycles. The van der Waals surface area contributed by atoms with E-state index in [0.717, 1.165) is 0 Å². The van der Waals surface area contributed by atoms with Gasteiger partial charge in [0.2, 0.25) is 5.91 Å². The van der Waals surface area contributed by atoms with E-state index in [1.807, 2.05) is 0 Å². The van der Waals surface area contributed by atoms with E-state index in [4.69, 9.17) is 9.84 Å². The van der Waals surface area contributed by atoms with E-state index in [-0.39, 0.29) is 12.3 Å². The first-order chi connectivity index (χ1) is 6.97. The fourth-order valence-corrected chi connectivity index (χ4v) is 0.980. The molecule has 2 atom stereocenters. The Bertz CT molecular complexity index is 215. The first-order valence-corrected chi connectivity index (χ1v) is 5.11. The molecule has 0 aliphatic carbocycles. The van der Waals surface area contributed by atoms with Gasteiger partial charge in [-0.15, -0.1) is 0 Å². The van der Waals surface area contributed by atoms with Gasteiger partial charge in [-0.05, 0) is 27.2 Å². The normalized spacial score (nSPS) is 14.1. The second kappa shape index (κ2) is 7.23. The van der Waals surface area contributed by atoms with Crippen LogP contribution in [0.4, 0.5) is 0 Å². The minimum absolute atomic E-state index is 0.210. The molecule has 88 valence electrons. The predicted molar refractivity (Wildman–Crippen MR) is 55.2 cm³/mol. The van der Waals surface area contributed by atoms with E-state index < -0.39 is 18.1 Å². The van der Waals surface area contributed by atoms with Crippen molar-refractivity contribution < 1.29 is 19.4 Å². The molecule has 1 amide bonds. The Balaban J connectivity index is 3.80. The van der Waals surface area contributed by atoms with Gasteiger partial charge in [-0.2, -0.15) is 0 Å². The lowest BCUT2D eigenvalue weighted by molar-refractivity contribution is -0.146. The number of rotatable bonds is 6. The monoisotopic (exact) mass is 217 g/mol. The van der Waals surface area contributed by atoms with E-state index in [9.17, 15) is 9.59 Å². The van der Waals surface area contributed by atoms with Crippen LogP contribution in [0.2, 0.25) is 0 Å². The first kappa shape index (κ1) is 13.9. The maximum absolute atomic E-state index is 11.2. The Labute approximate surface area is 89.8 Å². The van der Waals surface area contributed by atoms with Crippen LogP contribution in [0.15, 0.2) is 0 Å². The average Bonchev–Trinajstić information content (AvgIpc) is 2.15. The number of hydrogen-bond donors (Lipinski definition) is 2. The SMILES string of the molecule is CCOC(=O)C(C)NC(=O)CCC(C)O. The third-order valence-electron chi connectivity index (χ3n) is 1.81. The number of carbonyl (C=O) groups excluding carboxylic acids is 2. The maximum Gasteiger partial charge on any atom is 0.328 e. The Morgan fingerprint density at radius 2 is 2.00 bits per heavy atom. The second-order valence-corrected chi connectivity index (χ2v) is 3.43. The lowest BCUT2D eigenvalue weighted by Crippen LogP contribution is -2.39. The summed E-state index contributed by atoms with van der Waals surface area (Å²) in [5.41, 5.74) is 0. The number of carbonyl (C=O) groups is 2. The first-order valence-electron chi connectivity index (χ1n) is 5.11. The minimum Gasteiger partial charge on any atom is -0.464 e. The van der Waals surface area contributed by atoms with Gasteiger partial charge in [0, 0.05) is 6.42 Å². The molecule has 0 aromatic heterocycles. The zero-order valence-electron chi connectivity index (χ0n) is 9.45. The van der Waals surface area contributed by atoms with Crippen molar-refractivity contribution in [2.24, 2.45) is 0 Å². The number of nitrogens with one attached hydrogen (secondary N) is 1. The van der Waals surface area contributed by atoms with E-state index in [0.29, 0.717) is 13.0 Å². The van der Waals surface area contributed by atoms with Crippen molar-refractivity contribution in [2.45, 2.75) is 45.8 Å². The van der Waals surface area contributed by atoms with Gasteiger partial charge in [0.1, 0.15) is 6.04 Å². The molecule has 15 heavy (non-hydrogen) atoms. The number of hydrogen-bond acceptors (Lipinski definition) is 4. The summed E-state index contributed by atoms with van der Waals surface area (Å²) in [6.07, 6.45) is 0.0941. The van der Waals surface area contributed by atoms with E-state index >= 15 is 0 Å². The molecule has 5 heteroatoms. The van der Waals surface area contributed by atoms with Crippen molar-refractivity contribution in [1.29, 1.82) is 0 Å². The zero-order chi connectivity index (χ0) is 11.8. The highest BCUT2D eigenvalue weighted by Gasteiger charge is 2.16. The smallest absolute Gasteiger partial charge is 0.328 e. The van der Waals surface area contributed by atoms with Gasteiger partial charge in [-0.1, -0.05) is 0 Å². The van der Waals surface area contributed by atoms with Crippen LogP contribution in [-0.2, 0) is 14.3 Å². The molecule has 0 rings (SSSR count). The van der Waals surface area contributed by atoms with Crippen LogP contribution in [0.5, 0.6) is 0 Å². The van der Waals surface area contributed by atoms with Gasteiger partial charge in [-0.25, -0.2) is 4.79 Å². The molecule has 0 aliphatic rings. The van der Waals surface area contributed by atoms with Crippen LogP contribution in [0.25, 0.3) is 0 Å². The second-order valence-electron chi connectivity index (χ2n) is 3.43. The van der Waals surface area contributed by atoms with Gasteiger partial charge < -0.3 is 15.2 Å². The molecule has 0 aromatic rings. The molecule has 0 heterocycles. The molecular weight excluding hydrogens is 198 g/mol. The number of aliphatic hydroxyl groups excluding tert-OH is 1. The van der Waals surface area contributed by atoms with Crippen molar-refractivity contribution in [1.82, 2.24) is 5.32 Å². The molecule has 0 aliphatic heterocycles. The lowest BCUT2D eigenvalue weighted by Gasteiger charge is -2.12. The molecule has 2 unspecified atom stereocenters. The highest BCUT2D eigenvalue weighted by molar-refractivity contribution is 5.84. The van der Waals surface area contributed by atoms with Crippen molar-refractivity contribution in [3.63, 3.8) is 0 Å². The number of ether oxygens (including phenoxy) is 1. The summed E-state index contributed by atoms with van der Waals surface area (Å²) in [5, 5.41) is 11.5. The molecule has 0 spiro atoms. The molecule has 0 saturated heterocycles. The zero-order valence-corrected chi connectivity index (χ0v) is 9.45. The fourth-order valence-electron chi connectivity index (χ4n) is 0.980. The Kier molecular flexibility index (Phi) is 6.70. The summed E-state index contributed by atoms with van der Waals surface area (Å²) in [4.78, 5) is 22.4. The van der Waals surface area contributed by atoms with Crippen LogP contribution >= 0.6 is 0 Å². The molecule has 0 fully saturated rings. The lowest BCUT2D eigenvalue weighted by atomic mass is 10.2. The number of aliphatic hydroxyl groups is 1. The van der Waals surface area contributed by atoms with Crippen LogP contribution in [0.3, 0.4) is 0 Å². The fraction of sp³-hybridized carbons (Fsp3) is 0.800. The Morgan fingerprint density at radius 3 is 2.47 bits per heavy atom. The van der Waals surface area contributed by atoms with Gasteiger partial charge >= 0.3 is 5.97 Å². The van der Waals surface area contributed by atoms with Gasteiger partial charge in [-0.3, -0.25) is 4.79 Å². The highest BCUT2D eigenvalue weighted by atomic mass is 16.5. The topological polar surface area (TPSA) is 75.6 Å². The van der Waals surface area contributed by atoms with Gasteiger partial charge in [0.15, 0.2) is 0 Å². The average molecular weight is 217 g/mol. The molecule has 2 N–H and O–H groups in total. The van der Waals surface area contributed by atoms with Crippen LogP contribution < -0.4 is 5.32 Å². The van der Waals surface area contributed by atoms with Crippen LogP contribution in [0.1, 0.15) is 33.6 Å². The summed E-state index contributed by atoms with van der Waals surface area (Å²) < 4.78 is 4.73. The summed E-state index contributed by atoms with van der Waals surface area (Å²) in [6, 6.07) is -0.633. The van der Waals surface area contributed by atoms with Gasteiger partial charge in [0.25, 0.3) is 0 Å². The summed E-state index contributed by atoms with van der Waals surface area (Å²) in [7, 11) is 0. The molecule has 0 radical (unpaired) electrons. The van der Waals surface area contributed by atoms with Gasteiger partial charge in [0.05, 0.1) is 12.7 Å². The number of esters is 1. The third-order valence-corrected chi connectivity index (χ3v) is 1.81. The maximum atomic E-state index is 11.2. The molecular formula is C10H19NO4. The van der Waals surface area contributed by atoms with Crippen molar-refractivity contribution in [2.75, 3.05) is 6.61 Å². The molecule has 5 nitrogen and oxygen atoms in total. The van der Waals surface area contributed by atoms with E-state index in [1.54, 1.807) is 20.8 Å². The Hall–Kier alpha value is -1.10. The van der Waals surface area contributed by atoms with Crippen molar-refractivity contribution >= 4 is 11.9 Å². The summed E-state index contributed by atoms with van der Waals surface area (Å²) in [6.45, 7) is 5.19. The van der Waals surface area contributed by atoms with E-state index in [2.05, 4.69) is 5.32 Å². The number of amides is 1. The quantitative estimate of drug-likeness (QED) is 0.624. The molecule has 0 aromatic carbocycles.